The highest BCUT2D eigenvalue weighted by molar-refractivity contribution is 9.10. The van der Waals surface area contributed by atoms with Crippen LogP contribution in [-0.4, -0.2) is 21.6 Å². The highest BCUT2D eigenvalue weighted by Gasteiger charge is 2.15. The van der Waals surface area contributed by atoms with Crippen molar-refractivity contribution in [1.29, 1.82) is 0 Å². The standard InChI is InChI=1S/C21H18BrN5O2/c1-2-28-16-8-4-3-7-15(16)27-20-18(23)21(26-12-25-20)29-17-10-9-14(22)13-6-5-11-24-19(13)17/h3-12H,2,23H2,1H3,(H,25,26,27). The summed E-state index contributed by atoms with van der Waals surface area (Å²) in [6.45, 7) is 2.48. The molecule has 2 heterocycles. The summed E-state index contributed by atoms with van der Waals surface area (Å²) in [4.78, 5) is 12.9. The number of para-hydroxylation sites is 2. The topological polar surface area (TPSA) is 95.2 Å². The Kier molecular flexibility index (Phi) is 5.44. The van der Waals surface area contributed by atoms with Crippen molar-refractivity contribution in [1.82, 2.24) is 15.0 Å². The van der Waals surface area contributed by atoms with Gasteiger partial charge in [-0.3, -0.25) is 4.98 Å². The first-order chi connectivity index (χ1) is 14.2. The van der Waals surface area contributed by atoms with Crippen LogP contribution in [0.1, 0.15) is 6.92 Å². The van der Waals surface area contributed by atoms with E-state index in [0.29, 0.717) is 29.4 Å². The molecule has 29 heavy (non-hydrogen) atoms. The quantitative estimate of drug-likeness (QED) is 0.410. The number of fused-ring (bicyclic) bond motifs is 1. The van der Waals surface area contributed by atoms with Crippen LogP contribution < -0.4 is 20.5 Å². The lowest BCUT2D eigenvalue weighted by Gasteiger charge is -2.15. The Morgan fingerprint density at radius 1 is 1.00 bits per heavy atom. The molecule has 0 atom stereocenters. The van der Waals surface area contributed by atoms with Crippen LogP contribution >= 0.6 is 15.9 Å². The average Bonchev–Trinajstić information content (AvgIpc) is 2.74. The third-order valence-corrected chi connectivity index (χ3v) is 4.86. The van der Waals surface area contributed by atoms with Gasteiger partial charge in [0.05, 0.1) is 12.3 Å². The van der Waals surface area contributed by atoms with E-state index in [9.17, 15) is 0 Å². The summed E-state index contributed by atoms with van der Waals surface area (Å²) in [5, 5.41) is 4.13. The van der Waals surface area contributed by atoms with Gasteiger partial charge in [-0.1, -0.05) is 34.1 Å². The van der Waals surface area contributed by atoms with Crippen molar-refractivity contribution in [3.05, 3.63) is 65.5 Å². The third kappa shape index (κ3) is 3.93. The van der Waals surface area contributed by atoms with Gasteiger partial charge in [0.15, 0.2) is 11.6 Å². The first-order valence-electron chi connectivity index (χ1n) is 8.97. The number of nitrogens with zero attached hydrogens (tertiary/aromatic N) is 3. The number of rotatable bonds is 6. The number of benzene rings is 2. The van der Waals surface area contributed by atoms with E-state index < -0.39 is 0 Å². The minimum Gasteiger partial charge on any atom is -0.492 e. The number of hydrogen-bond donors (Lipinski definition) is 2. The van der Waals surface area contributed by atoms with Gasteiger partial charge < -0.3 is 20.5 Å². The second kappa shape index (κ2) is 8.32. The number of anilines is 3. The van der Waals surface area contributed by atoms with E-state index in [2.05, 4.69) is 36.2 Å². The van der Waals surface area contributed by atoms with Gasteiger partial charge in [0.1, 0.15) is 23.3 Å². The zero-order chi connectivity index (χ0) is 20.2. The minimum atomic E-state index is 0.241. The number of nitrogens with two attached hydrogens (primary N) is 1. The molecule has 0 amide bonds. The van der Waals surface area contributed by atoms with Crippen LogP contribution in [0.15, 0.2) is 65.5 Å². The summed E-state index contributed by atoms with van der Waals surface area (Å²) in [7, 11) is 0. The molecule has 146 valence electrons. The van der Waals surface area contributed by atoms with E-state index in [1.54, 1.807) is 6.20 Å². The molecule has 0 saturated heterocycles. The molecule has 2 aromatic heterocycles. The first-order valence-corrected chi connectivity index (χ1v) is 9.77. The molecule has 8 heteroatoms. The number of nitrogen functional groups attached to an aromatic ring is 1. The van der Waals surface area contributed by atoms with Crippen molar-refractivity contribution in [2.24, 2.45) is 0 Å². The maximum absolute atomic E-state index is 6.29. The van der Waals surface area contributed by atoms with Crippen LogP contribution in [0.25, 0.3) is 10.9 Å². The molecule has 0 saturated carbocycles. The molecule has 4 aromatic rings. The second-order valence-electron chi connectivity index (χ2n) is 6.04. The molecule has 3 N–H and O–H groups in total. The predicted octanol–water partition coefficient (Wildman–Crippen LogP) is 5.30. The molecule has 0 aliphatic carbocycles. The lowest BCUT2D eigenvalue weighted by molar-refractivity contribution is 0.342. The van der Waals surface area contributed by atoms with Gasteiger partial charge in [-0.05, 0) is 37.3 Å². The largest absolute Gasteiger partial charge is 0.492 e. The van der Waals surface area contributed by atoms with Gasteiger partial charge in [-0.25, -0.2) is 4.98 Å². The molecule has 0 fully saturated rings. The highest BCUT2D eigenvalue weighted by Crippen LogP contribution is 2.36. The Balaban J connectivity index is 1.67. The summed E-state index contributed by atoms with van der Waals surface area (Å²) in [5.41, 5.74) is 8.03. The van der Waals surface area contributed by atoms with Gasteiger partial charge in [0.25, 0.3) is 0 Å². The van der Waals surface area contributed by atoms with Crippen molar-refractivity contribution in [3.8, 4) is 17.4 Å². The lowest BCUT2D eigenvalue weighted by atomic mass is 10.2. The highest BCUT2D eigenvalue weighted by atomic mass is 79.9. The van der Waals surface area contributed by atoms with Crippen LogP contribution in [-0.2, 0) is 0 Å². The molecule has 0 bridgehead atoms. The predicted molar refractivity (Wildman–Crippen MR) is 117 cm³/mol. The van der Waals surface area contributed by atoms with Gasteiger partial charge in [0.2, 0.25) is 5.88 Å². The van der Waals surface area contributed by atoms with E-state index in [1.165, 1.54) is 6.33 Å². The van der Waals surface area contributed by atoms with Crippen molar-refractivity contribution in [2.45, 2.75) is 6.92 Å². The van der Waals surface area contributed by atoms with E-state index in [-0.39, 0.29) is 11.6 Å². The van der Waals surface area contributed by atoms with Crippen LogP contribution in [0.5, 0.6) is 17.4 Å². The van der Waals surface area contributed by atoms with Crippen molar-refractivity contribution in [2.75, 3.05) is 17.7 Å². The maximum atomic E-state index is 6.29. The van der Waals surface area contributed by atoms with Crippen LogP contribution in [0.4, 0.5) is 17.2 Å². The summed E-state index contributed by atoms with van der Waals surface area (Å²) in [5.74, 6) is 1.93. The molecule has 2 aromatic carbocycles. The van der Waals surface area contributed by atoms with Gasteiger partial charge in [-0.15, -0.1) is 0 Å². The number of hydrogen-bond acceptors (Lipinski definition) is 7. The third-order valence-electron chi connectivity index (χ3n) is 4.17. The maximum Gasteiger partial charge on any atom is 0.248 e. The van der Waals surface area contributed by atoms with Crippen molar-refractivity contribution < 1.29 is 9.47 Å². The summed E-state index contributed by atoms with van der Waals surface area (Å²) < 4.78 is 12.6. The summed E-state index contributed by atoms with van der Waals surface area (Å²) in [6.07, 6.45) is 3.11. The number of pyridine rings is 1. The van der Waals surface area contributed by atoms with Crippen LogP contribution in [0.3, 0.4) is 0 Å². The van der Waals surface area contributed by atoms with E-state index in [0.717, 1.165) is 15.5 Å². The molecule has 0 aliphatic heterocycles. The lowest BCUT2D eigenvalue weighted by Crippen LogP contribution is -2.04. The minimum absolute atomic E-state index is 0.241. The SMILES string of the molecule is CCOc1ccccc1Nc1ncnc(Oc2ccc(Br)c3cccnc23)c1N. The molecular weight excluding hydrogens is 434 g/mol. The molecule has 0 aliphatic rings. The molecule has 7 nitrogen and oxygen atoms in total. The fourth-order valence-corrected chi connectivity index (χ4v) is 3.29. The Morgan fingerprint density at radius 3 is 2.72 bits per heavy atom. The number of aromatic nitrogens is 3. The Morgan fingerprint density at radius 2 is 1.86 bits per heavy atom. The smallest absolute Gasteiger partial charge is 0.248 e. The number of halogens is 1. The van der Waals surface area contributed by atoms with Crippen LogP contribution in [0.2, 0.25) is 0 Å². The first kappa shape index (κ1) is 18.9. The zero-order valence-corrected chi connectivity index (χ0v) is 17.2. The Bertz CT molecular complexity index is 1170. The van der Waals surface area contributed by atoms with Crippen LogP contribution in [0, 0.1) is 0 Å². The molecular formula is C21H18BrN5O2. The van der Waals surface area contributed by atoms with Gasteiger partial charge in [-0.2, -0.15) is 4.98 Å². The number of nitrogens with one attached hydrogen (secondary N) is 1. The van der Waals surface area contributed by atoms with Crippen molar-refractivity contribution in [3.63, 3.8) is 0 Å². The summed E-state index contributed by atoms with van der Waals surface area (Å²) in [6, 6.07) is 15.1. The van der Waals surface area contributed by atoms with Gasteiger partial charge >= 0.3 is 0 Å². The average molecular weight is 452 g/mol. The van der Waals surface area contributed by atoms with Crippen molar-refractivity contribution >= 4 is 44.0 Å². The van der Waals surface area contributed by atoms with Gasteiger partial charge in [0, 0.05) is 16.1 Å². The van der Waals surface area contributed by atoms with E-state index >= 15 is 0 Å². The Hall–Kier alpha value is -3.39. The molecule has 4 rings (SSSR count). The Labute approximate surface area is 176 Å². The molecule has 0 unspecified atom stereocenters. The monoisotopic (exact) mass is 451 g/mol. The molecule has 0 spiro atoms. The van der Waals surface area contributed by atoms with E-state index in [4.69, 9.17) is 15.2 Å². The fraction of sp³-hybridized carbons (Fsp3) is 0.0952. The zero-order valence-electron chi connectivity index (χ0n) is 15.6. The second-order valence-corrected chi connectivity index (χ2v) is 6.90. The summed E-state index contributed by atoms with van der Waals surface area (Å²) >= 11 is 3.53. The normalized spacial score (nSPS) is 10.7. The molecule has 0 radical (unpaired) electrons. The van der Waals surface area contributed by atoms with E-state index in [1.807, 2.05) is 55.5 Å². The number of ether oxygens (including phenoxy) is 2. The fourth-order valence-electron chi connectivity index (χ4n) is 2.84.